The standard InChI is InChI=1S/C16H21N3/c1-5-18-16(14-8-11(2)9-17-10-14)15-7-6-12(3)19-13(15)4/h6-10,16,18H,5H2,1-4H3. The highest BCUT2D eigenvalue weighted by Gasteiger charge is 2.16. The normalized spacial score (nSPS) is 12.4. The third kappa shape index (κ3) is 3.18. The summed E-state index contributed by atoms with van der Waals surface area (Å²) in [4.78, 5) is 8.86. The van der Waals surface area contributed by atoms with E-state index < -0.39 is 0 Å². The Balaban J connectivity index is 2.45. The molecule has 0 aliphatic heterocycles. The lowest BCUT2D eigenvalue weighted by molar-refractivity contribution is 0.622. The Labute approximate surface area is 115 Å². The summed E-state index contributed by atoms with van der Waals surface area (Å²) in [6.45, 7) is 9.18. The Bertz CT molecular complexity index is 564. The summed E-state index contributed by atoms with van der Waals surface area (Å²) in [6, 6.07) is 6.56. The average molecular weight is 255 g/mol. The van der Waals surface area contributed by atoms with Crippen LogP contribution in [-0.4, -0.2) is 16.5 Å². The van der Waals surface area contributed by atoms with Crippen molar-refractivity contribution in [3.63, 3.8) is 0 Å². The SMILES string of the molecule is CCNC(c1cncc(C)c1)c1ccc(C)nc1C. The van der Waals surface area contributed by atoms with Gasteiger partial charge in [-0.25, -0.2) is 0 Å². The molecule has 19 heavy (non-hydrogen) atoms. The van der Waals surface area contributed by atoms with Crippen LogP contribution in [0.4, 0.5) is 0 Å². The molecule has 2 rings (SSSR count). The van der Waals surface area contributed by atoms with Gasteiger partial charge in [-0.1, -0.05) is 19.1 Å². The predicted molar refractivity (Wildman–Crippen MR) is 78.2 cm³/mol. The van der Waals surface area contributed by atoms with Crippen molar-refractivity contribution in [3.8, 4) is 0 Å². The zero-order chi connectivity index (χ0) is 13.8. The number of nitrogens with one attached hydrogen (secondary N) is 1. The van der Waals surface area contributed by atoms with Crippen molar-refractivity contribution >= 4 is 0 Å². The molecule has 2 heterocycles. The predicted octanol–water partition coefficient (Wildman–Crippen LogP) is 3.10. The number of hydrogen-bond donors (Lipinski definition) is 1. The maximum absolute atomic E-state index is 4.56. The molecular weight excluding hydrogens is 234 g/mol. The van der Waals surface area contributed by atoms with Crippen LogP contribution in [0, 0.1) is 20.8 Å². The summed E-state index contributed by atoms with van der Waals surface area (Å²) in [5.74, 6) is 0. The van der Waals surface area contributed by atoms with Crippen molar-refractivity contribution in [2.75, 3.05) is 6.54 Å². The van der Waals surface area contributed by atoms with Crippen LogP contribution < -0.4 is 5.32 Å². The fraction of sp³-hybridized carbons (Fsp3) is 0.375. The first kappa shape index (κ1) is 13.7. The highest BCUT2D eigenvalue weighted by molar-refractivity contribution is 5.34. The second-order valence-corrected chi connectivity index (χ2v) is 4.91. The van der Waals surface area contributed by atoms with Gasteiger partial charge in [-0.05, 0) is 50.1 Å². The van der Waals surface area contributed by atoms with Crippen LogP contribution in [0.1, 0.15) is 41.0 Å². The highest BCUT2D eigenvalue weighted by atomic mass is 14.9. The van der Waals surface area contributed by atoms with Crippen LogP contribution in [0.25, 0.3) is 0 Å². The van der Waals surface area contributed by atoms with Crippen molar-refractivity contribution < 1.29 is 0 Å². The van der Waals surface area contributed by atoms with E-state index in [9.17, 15) is 0 Å². The molecule has 0 aliphatic rings. The molecule has 3 nitrogen and oxygen atoms in total. The molecule has 0 amide bonds. The Morgan fingerprint density at radius 2 is 1.95 bits per heavy atom. The lowest BCUT2D eigenvalue weighted by Crippen LogP contribution is -2.23. The van der Waals surface area contributed by atoms with Crippen molar-refractivity contribution in [2.45, 2.75) is 33.7 Å². The van der Waals surface area contributed by atoms with E-state index in [2.05, 4.69) is 54.3 Å². The van der Waals surface area contributed by atoms with E-state index in [0.717, 1.165) is 17.9 Å². The van der Waals surface area contributed by atoms with E-state index in [0.29, 0.717) is 0 Å². The zero-order valence-electron chi connectivity index (χ0n) is 12.1. The van der Waals surface area contributed by atoms with Crippen LogP contribution >= 0.6 is 0 Å². The number of aryl methyl sites for hydroxylation is 3. The molecular formula is C16H21N3. The summed E-state index contributed by atoms with van der Waals surface area (Å²) in [5.41, 5.74) is 5.72. The Morgan fingerprint density at radius 3 is 2.58 bits per heavy atom. The van der Waals surface area contributed by atoms with Gasteiger partial charge in [0.15, 0.2) is 0 Å². The molecule has 1 N–H and O–H groups in total. The number of rotatable bonds is 4. The summed E-state index contributed by atoms with van der Waals surface area (Å²) >= 11 is 0. The molecule has 0 radical (unpaired) electrons. The van der Waals surface area contributed by atoms with Crippen LogP contribution in [0.3, 0.4) is 0 Å². The molecule has 0 saturated carbocycles. The van der Waals surface area contributed by atoms with Gasteiger partial charge in [-0.2, -0.15) is 0 Å². The molecule has 0 fully saturated rings. The zero-order valence-corrected chi connectivity index (χ0v) is 12.1. The maximum atomic E-state index is 4.56. The molecule has 0 aromatic carbocycles. The minimum atomic E-state index is 0.158. The Morgan fingerprint density at radius 1 is 1.16 bits per heavy atom. The van der Waals surface area contributed by atoms with Crippen LogP contribution in [-0.2, 0) is 0 Å². The average Bonchev–Trinajstić information content (AvgIpc) is 2.37. The second kappa shape index (κ2) is 5.93. The first-order chi connectivity index (χ1) is 9.11. The number of nitrogens with zero attached hydrogens (tertiary/aromatic N) is 2. The quantitative estimate of drug-likeness (QED) is 0.912. The lowest BCUT2D eigenvalue weighted by atomic mass is 9.97. The van der Waals surface area contributed by atoms with Gasteiger partial charge in [0, 0.05) is 23.8 Å². The highest BCUT2D eigenvalue weighted by Crippen LogP contribution is 2.24. The Kier molecular flexibility index (Phi) is 4.27. The first-order valence-corrected chi connectivity index (χ1v) is 6.71. The van der Waals surface area contributed by atoms with E-state index in [4.69, 9.17) is 0 Å². The topological polar surface area (TPSA) is 37.8 Å². The van der Waals surface area contributed by atoms with Gasteiger partial charge in [-0.3, -0.25) is 9.97 Å². The number of pyridine rings is 2. The van der Waals surface area contributed by atoms with Crippen LogP contribution in [0.5, 0.6) is 0 Å². The summed E-state index contributed by atoms with van der Waals surface area (Å²) in [7, 11) is 0. The fourth-order valence-electron chi connectivity index (χ4n) is 2.35. The van der Waals surface area contributed by atoms with Crippen molar-refractivity contribution in [1.29, 1.82) is 0 Å². The lowest BCUT2D eigenvalue weighted by Gasteiger charge is -2.20. The smallest absolute Gasteiger partial charge is 0.0609 e. The molecule has 1 atom stereocenters. The van der Waals surface area contributed by atoms with Crippen molar-refractivity contribution in [1.82, 2.24) is 15.3 Å². The van der Waals surface area contributed by atoms with Gasteiger partial charge in [0.2, 0.25) is 0 Å². The van der Waals surface area contributed by atoms with Gasteiger partial charge in [0.25, 0.3) is 0 Å². The van der Waals surface area contributed by atoms with Gasteiger partial charge in [0.05, 0.1) is 6.04 Å². The molecule has 2 aromatic rings. The van der Waals surface area contributed by atoms with Crippen molar-refractivity contribution in [3.05, 3.63) is 58.7 Å². The summed E-state index contributed by atoms with van der Waals surface area (Å²) in [5, 5.41) is 3.52. The fourth-order valence-corrected chi connectivity index (χ4v) is 2.35. The van der Waals surface area contributed by atoms with E-state index >= 15 is 0 Å². The van der Waals surface area contributed by atoms with E-state index in [1.165, 1.54) is 16.7 Å². The van der Waals surface area contributed by atoms with Gasteiger partial charge >= 0.3 is 0 Å². The molecule has 0 aliphatic carbocycles. The van der Waals surface area contributed by atoms with Crippen LogP contribution in [0.2, 0.25) is 0 Å². The van der Waals surface area contributed by atoms with E-state index in [1.807, 2.05) is 19.3 Å². The summed E-state index contributed by atoms with van der Waals surface area (Å²) < 4.78 is 0. The Hall–Kier alpha value is -1.74. The van der Waals surface area contributed by atoms with Gasteiger partial charge in [-0.15, -0.1) is 0 Å². The maximum Gasteiger partial charge on any atom is 0.0609 e. The van der Waals surface area contributed by atoms with Gasteiger partial charge < -0.3 is 5.32 Å². The third-order valence-electron chi connectivity index (χ3n) is 3.21. The van der Waals surface area contributed by atoms with Crippen LogP contribution in [0.15, 0.2) is 30.6 Å². The van der Waals surface area contributed by atoms with Gasteiger partial charge in [0.1, 0.15) is 0 Å². The summed E-state index contributed by atoms with van der Waals surface area (Å²) in [6.07, 6.45) is 3.81. The number of hydrogen-bond acceptors (Lipinski definition) is 3. The third-order valence-corrected chi connectivity index (χ3v) is 3.21. The molecule has 0 bridgehead atoms. The number of aromatic nitrogens is 2. The van der Waals surface area contributed by atoms with E-state index in [1.54, 1.807) is 0 Å². The monoisotopic (exact) mass is 255 g/mol. The minimum absolute atomic E-state index is 0.158. The molecule has 2 aromatic heterocycles. The molecule has 3 heteroatoms. The van der Waals surface area contributed by atoms with Crippen molar-refractivity contribution in [2.24, 2.45) is 0 Å². The largest absolute Gasteiger partial charge is 0.306 e. The molecule has 0 saturated heterocycles. The molecule has 100 valence electrons. The molecule has 1 unspecified atom stereocenters. The first-order valence-electron chi connectivity index (χ1n) is 6.71. The second-order valence-electron chi connectivity index (χ2n) is 4.91. The van der Waals surface area contributed by atoms with E-state index in [-0.39, 0.29) is 6.04 Å². The minimum Gasteiger partial charge on any atom is -0.306 e. The molecule has 0 spiro atoms.